The third-order valence-corrected chi connectivity index (χ3v) is 11.3. The van der Waals surface area contributed by atoms with Gasteiger partial charge in [-0.3, -0.25) is 9.37 Å². The summed E-state index contributed by atoms with van der Waals surface area (Å²) in [6.45, 7) is 8.66. The largest absolute Gasteiger partial charge is 0.871 e. The number of amidine groups is 1. The van der Waals surface area contributed by atoms with Gasteiger partial charge in [-0.05, 0) is 42.0 Å². The quantitative estimate of drug-likeness (QED) is 0.0491. The fourth-order valence-electron chi connectivity index (χ4n) is 6.42. The highest BCUT2D eigenvalue weighted by Crippen LogP contribution is 2.35. The van der Waals surface area contributed by atoms with Crippen molar-refractivity contribution in [2.24, 2.45) is 4.99 Å². The van der Waals surface area contributed by atoms with Crippen LogP contribution in [0.2, 0.25) is 0 Å². The fraction of sp³-hybridized carbons (Fsp3) is 0.744. The van der Waals surface area contributed by atoms with E-state index in [1.54, 1.807) is 17.8 Å². The Bertz CT molecular complexity index is 1200. The molecule has 0 radical (unpaired) electrons. The van der Waals surface area contributed by atoms with Crippen LogP contribution in [-0.4, -0.2) is 49.1 Å². The van der Waals surface area contributed by atoms with Gasteiger partial charge >= 0.3 is 5.17 Å². The number of carbonyl (C=O) groups is 1. The summed E-state index contributed by atoms with van der Waals surface area (Å²) >= 11 is 2.64. The summed E-state index contributed by atoms with van der Waals surface area (Å²) in [5.41, 5.74) is 1.24. The molecular formula is C39H63N5O2S2. The van der Waals surface area contributed by atoms with Gasteiger partial charge in [-0.15, -0.1) is 5.10 Å². The van der Waals surface area contributed by atoms with E-state index in [2.05, 4.69) is 33.2 Å². The molecule has 48 heavy (non-hydrogen) atoms. The van der Waals surface area contributed by atoms with E-state index in [0.717, 1.165) is 40.4 Å². The molecule has 0 unspecified atom stereocenters. The van der Waals surface area contributed by atoms with Gasteiger partial charge in [-0.1, -0.05) is 159 Å². The number of rotatable bonds is 28. The minimum absolute atomic E-state index is 0.0994. The Morgan fingerprint density at radius 2 is 1.12 bits per heavy atom. The molecule has 2 aliphatic rings. The van der Waals surface area contributed by atoms with E-state index < -0.39 is 0 Å². The van der Waals surface area contributed by atoms with Gasteiger partial charge in [0.05, 0.1) is 23.6 Å². The van der Waals surface area contributed by atoms with Crippen molar-refractivity contribution in [2.45, 2.75) is 175 Å². The van der Waals surface area contributed by atoms with E-state index in [-0.39, 0.29) is 22.7 Å². The molecule has 1 aromatic heterocycles. The second kappa shape index (κ2) is 24.9. The summed E-state index contributed by atoms with van der Waals surface area (Å²) in [6, 6.07) is 0. The number of ketones is 1. The van der Waals surface area contributed by atoms with Crippen molar-refractivity contribution < 1.29 is 14.5 Å². The molecule has 0 N–H and O–H groups in total. The lowest BCUT2D eigenvalue weighted by Gasteiger charge is -2.28. The van der Waals surface area contributed by atoms with E-state index in [0.29, 0.717) is 5.01 Å². The van der Waals surface area contributed by atoms with Crippen molar-refractivity contribution in [3.05, 3.63) is 33.4 Å². The number of hydrogen-bond donors (Lipinski definition) is 0. The molecular weight excluding hydrogens is 635 g/mol. The van der Waals surface area contributed by atoms with E-state index in [4.69, 9.17) is 4.99 Å². The molecule has 2 heterocycles. The van der Waals surface area contributed by atoms with E-state index >= 15 is 0 Å². The van der Waals surface area contributed by atoms with Gasteiger partial charge in [0.15, 0.2) is 16.5 Å². The molecule has 7 nitrogen and oxygen atoms in total. The highest BCUT2D eigenvalue weighted by molar-refractivity contribution is 8.18. The molecule has 0 amide bonds. The average Bonchev–Trinajstić information content (AvgIpc) is 3.74. The number of carbonyl (C=O) groups excluding carboxylic acids is 1. The van der Waals surface area contributed by atoms with Crippen molar-refractivity contribution in [3.8, 4) is 0 Å². The fourth-order valence-corrected chi connectivity index (χ4v) is 7.94. The highest BCUT2D eigenvalue weighted by Gasteiger charge is 2.31. The van der Waals surface area contributed by atoms with Crippen LogP contribution < -0.4 is 5.11 Å². The molecule has 0 spiro atoms. The van der Waals surface area contributed by atoms with Crippen LogP contribution >= 0.6 is 23.3 Å². The molecule has 0 saturated carbocycles. The molecule has 3 rings (SSSR count). The first-order valence-corrected chi connectivity index (χ1v) is 21.0. The number of unbranched alkanes of at least 4 members (excludes halogenated alkanes) is 22. The standard InChI is InChI=1S/C39H63N5O2S2/c1-4-6-8-10-12-14-16-18-20-22-24-26-30-44(31-27-25-23-21-19-17-15-13-11-9-7-5-2)39-40-32(3)34(47-39)29-28-33-36(45)35(37(33)46)38-41-42-43-48-38/h28-29H,4-27,30-31H2,1-3H3. The van der Waals surface area contributed by atoms with E-state index in [9.17, 15) is 9.90 Å². The number of aliphatic imine (C=N–C) groups is 1. The lowest BCUT2D eigenvalue weighted by molar-refractivity contribution is -0.527. The molecule has 268 valence electrons. The van der Waals surface area contributed by atoms with Gasteiger partial charge < -0.3 is 5.11 Å². The van der Waals surface area contributed by atoms with E-state index in [1.165, 1.54) is 154 Å². The van der Waals surface area contributed by atoms with Crippen molar-refractivity contribution in [3.63, 3.8) is 0 Å². The second-order valence-electron chi connectivity index (χ2n) is 13.7. The van der Waals surface area contributed by atoms with Crippen LogP contribution in [0.1, 0.15) is 180 Å². The van der Waals surface area contributed by atoms with Crippen LogP contribution in [-0.2, 0) is 4.79 Å². The van der Waals surface area contributed by atoms with E-state index in [1.807, 2.05) is 13.0 Å². The Labute approximate surface area is 300 Å². The first-order valence-electron chi connectivity index (χ1n) is 19.5. The number of allylic oxidation sites excluding steroid dienone is 5. The van der Waals surface area contributed by atoms with Crippen molar-refractivity contribution in [2.75, 3.05) is 13.1 Å². The highest BCUT2D eigenvalue weighted by atomic mass is 32.2. The number of nitrogens with zero attached hydrogens (tertiary/aromatic N) is 5. The molecule has 1 aliphatic carbocycles. The van der Waals surface area contributed by atoms with Crippen LogP contribution in [0.5, 0.6) is 0 Å². The summed E-state index contributed by atoms with van der Waals surface area (Å²) < 4.78 is 6.16. The molecule has 0 atom stereocenters. The normalized spacial score (nSPS) is 16.4. The first kappa shape index (κ1) is 40.3. The zero-order valence-corrected chi connectivity index (χ0v) is 32.0. The summed E-state index contributed by atoms with van der Waals surface area (Å²) in [5, 5.41) is 21.3. The van der Waals surface area contributed by atoms with Gasteiger partial charge in [0.1, 0.15) is 0 Å². The Morgan fingerprint density at radius 1 is 0.667 bits per heavy atom. The third kappa shape index (κ3) is 14.8. The van der Waals surface area contributed by atoms with Crippen LogP contribution in [0.4, 0.5) is 0 Å². The third-order valence-electron chi connectivity index (χ3n) is 9.51. The summed E-state index contributed by atoms with van der Waals surface area (Å²) in [7, 11) is 0. The monoisotopic (exact) mass is 697 g/mol. The van der Waals surface area contributed by atoms with Crippen LogP contribution in [0.3, 0.4) is 0 Å². The zero-order valence-electron chi connectivity index (χ0n) is 30.4. The van der Waals surface area contributed by atoms with Crippen molar-refractivity contribution in [1.82, 2.24) is 14.8 Å². The van der Waals surface area contributed by atoms with Gasteiger partial charge in [-0.25, -0.2) is 0 Å². The summed E-state index contributed by atoms with van der Waals surface area (Å²) in [4.78, 5) is 18.6. The van der Waals surface area contributed by atoms with Gasteiger partial charge in [0.2, 0.25) is 0 Å². The maximum absolute atomic E-state index is 12.6. The Balaban J connectivity index is 1.46. The molecule has 0 bridgehead atoms. The van der Waals surface area contributed by atoms with Crippen molar-refractivity contribution in [1.29, 1.82) is 0 Å². The predicted molar refractivity (Wildman–Crippen MR) is 204 cm³/mol. The first-order chi connectivity index (χ1) is 23.6. The molecule has 1 aliphatic heterocycles. The maximum Gasteiger partial charge on any atom is 0.359 e. The number of Topliss-reactive ketones (excluding diaryl/α,β-unsaturated/α-hetero) is 1. The van der Waals surface area contributed by atoms with Gasteiger partial charge in [0.25, 0.3) is 0 Å². The molecule has 0 saturated heterocycles. The summed E-state index contributed by atoms with van der Waals surface area (Å²) in [5.74, 6) is -0.560. The smallest absolute Gasteiger partial charge is 0.359 e. The predicted octanol–water partition coefficient (Wildman–Crippen LogP) is 10.4. The van der Waals surface area contributed by atoms with Crippen LogP contribution in [0, 0.1) is 0 Å². The van der Waals surface area contributed by atoms with Crippen LogP contribution in [0.15, 0.2) is 33.4 Å². The SMILES string of the molecule is CCCCCCCCCCCCCC[N+](CCCCCCCCCCCCCC)=C1N=C(C)/C(=C/C=C2/C(=O)C(c3nnns3)=C2[O-])S1. The second-order valence-corrected chi connectivity index (χ2v) is 15.4. The Morgan fingerprint density at radius 3 is 1.54 bits per heavy atom. The topological polar surface area (TPSA) is 94.2 Å². The van der Waals surface area contributed by atoms with Gasteiger partial charge in [-0.2, -0.15) is 0 Å². The number of aromatic nitrogens is 3. The number of thioether (sulfide) groups is 1. The lowest BCUT2D eigenvalue weighted by Crippen LogP contribution is -2.28. The van der Waals surface area contributed by atoms with Crippen molar-refractivity contribution >= 4 is 45.5 Å². The minimum atomic E-state index is -0.280. The maximum atomic E-state index is 12.6. The Kier molecular flexibility index (Phi) is 20.9. The van der Waals surface area contributed by atoms with Gasteiger partial charge in [0, 0.05) is 35.8 Å². The molecule has 9 heteroatoms. The summed E-state index contributed by atoms with van der Waals surface area (Å²) in [6.07, 6.45) is 36.0. The molecule has 0 fully saturated rings. The van der Waals surface area contributed by atoms with Crippen LogP contribution in [0.25, 0.3) is 5.57 Å². The molecule has 0 aromatic carbocycles. The average molecular weight is 698 g/mol. The number of hydrogen-bond acceptors (Lipinski definition) is 7. The molecule has 1 aromatic rings. The lowest BCUT2D eigenvalue weighted by atomic mass is 9.88. The minimum Gasteiger partial charge on any atom is -0.871 e. The Hall–Kier alpha value is -2.13. The zero-order chi connectivity index (χ0) is 34.2.